The van der Waals surface area contributed by atoms with Gasteiger partial charge in [0.25, 0.3) is 0 Å². The summed E-state index contributed by atoms with van der Waals surface area (Å²) in [6, 6.07) is 0. The lowest BCUT2D eigenvalue weighted by atomic mass is 9.89. The number of hydrogen-bond acceptors (Lipinski definition) is 4. The van der Waals surface area contributed by atoms with Gasteiger partial charge in [-0.2, -0.15) is 0 Å². The number of rotatable bonds is 7. The van der Waals surface area contributed by atoms with Crippen molar-refractivity contribution < 1.29 is 19.2 Å². The van der Waals surface area contributed by atoms with Crippen LogP contribution in [0.2, 0.25) is 0 Å². The smallest absolute Gasteiger partial charge is 0.241 e. The van der Waals surface area contributed by atoms with Gasteiger partial charge in [-0.05, 0) is 38.5 Å². The summed E-state index contributed by atoms with van der Waals surface area (Å²) in [7, 11) is 0. The average Bonchev–Trinajstić information content (AvgIpc) is 2.74. The molecule has 0 saturated heterocycles. The number of amides is 4. The fourth-order valence-corrected chi connectivity index (χ4v) is 3.89. The summed E-state index contributed by atoms with van der Waals surface area (Å²) in [5, 5.41) is 0. The normalized spacial score (nSPS) is 18.1. The average molecular weight is 395 g/mol. The minimum absolute atomic E-state index is 0.00145. The van der Waals surface area contributed by atoms with E-state index in [0.29, 0.717) is 12.8 Å². The number of hydrazine groups is 2. The SMILES string of the molecule is O=C(CCCCC(=O)NNC(=O)C1CCCCC1)NNC(=O)C1CCCCC1. The van der Waals surface area contributed by atoms with Gasteiger partial charge in [-0.1, -0.05) is 38.5 Å². The van der Waals surface area contributed by atoms with Crippen LogP contribution in [-0.4, -0.2) is 23.6 Å². The Bertz CT molecular complexity index is 492. The second-order valence-corrected chi connectivity index (χ2v) is 7.95. The van der Waals surface area contributed by atoms with Crippen LogP contribution in [0.5, 0.6) is 0 Å². The van der Waals surface area contributed by atoms with Gasteiger partial charge in [0, 0.05) is 24.7 Å². The lowest BCUT2D eigenvalue weighted by Gasteiger charge is -2.20. The number of carbonyl (C=O) groups excluding carboxylic acids is 4. The van der Waals surface area contributed by atoms with Crippen LogP contribution in [0.4, 0.5) is 0 Å². The van der Waals surface area contributed by atoms with E-state index < -0.39 is 0 Å². The van der Waals surface area contributed by atoms with Gasteiger partial charge in [0.15, 0.2) is 0 Å². The molecule has 0 aliphatic heterocycles. The molecule has 0 radical (unpaired) electrons. The molecule has 8 heteroatoms. The topological polar surface area (TPSA) is 116 Å². The molecule has 0 unspecified atom stereocenters. The Morgan fingerprint density at radius 3 is 1.25 bits per heavy atom. The fourth-order valence-electron chi connectivity index (χ4n) is 3.89. The molecule has 0 atom stereocenters. The monoisotopic (exact) mass is 394 g/mol. The molecule has 0 aromatic rings. The van der Waals surface area contributed by atoms with E-state index >= 15 is 0 Å². The van der Waals surface area contributed by atoms with E-state index in [-0.39, 0.29) is 48.3 Å². The molecule has 2 aliphatic rings. The quantitative estimate of drug-likeness (QED) is 0.390. The molecular formula is C20H34N4O4. The second-order valence-electron chi connectivity index (χ2n) is 7.95. The van der Waals surface area contributed by atoms with Crippen molar-refractivity contribution in [3.63, 3.8) is 0 Å². The molecule has 2 aliphatic carbocycles. The molecule has 4 N–H and O–H groups in total. The maximum Gasteiger partial charge on any atom is 0.241 e. The minimum atomic E-state index is -0.254. The van der Waals surface area contributed by atoms with Gasteiger partial charge in [0.2, 0.25) is 23.6 Å². The van der Waals surface area contributed by atoms with E-state index in [9.17, 15) is 19.2 Å². The molecule has 28 heavy (non-hydrogen) atoms. The predicted octanol–water partition coefficient (Wildman–Crippen LogP) is 2.00. The lowest BCUT2D eigenvalue weighted by Crippen LogP contribution is -2.45. The summed E-state index contributed by atoms with van der Waals surface area (Å²) in [6.45, 7) is 0. The predicted molar refractivity (Wildman–Crippen MR) is 104 cm³/mol. The first kappa shape index (κ1) is 22.2. The minimum Gasteiger partial charge on any atom is -0.273 e. The molecule has 2 saturated carbocycles. The molecule has 0 heterocycles. The number of nitrogens with one attached hydrogen (secondary N) is 4. The summed E-state index contributed by atoms with van der Waals surface area (Å²) >= 11 is 0. The summed E-state index contributed by atoms with van der Waals surface area (Å²) in [5.74, 6) is -0.726. The third-order valence-corrected chi connectivity index (χ3v) is 5.66. The first-order chi connectivity index (χ1) is 13.6. The first-order valence-electron chi connectivity index (χ1n) is 10.7. The van der Waals surface area contributed by atoms with Crippen molar-refractivity contribution in [2.24, 2.45) is 11.8 Å². The van der Waals surface area contributed by atoms with Crippen LogP contribution in [0.25, 0.3) is 0 Å². The molecule has 0 spiro atoms. The summed E-state index contributed by atoms with van der Waals surface area (Å²) < 4.78 is 0. The zero-order valence-corrected chi connectivity index (χ0v) is 16.7. The molecular weight excluding hydrogens is 360 g/mol. The van der Waals surface area contributed by atoms with E-state index in [1.807, 2.05) is 0 Å². The van der Waals surface area contributed by atoms with E-state index in [4.69, 9.17) is 0 Å². The van der Waals surface area contributed by atoms with Crippen LogP contribution in [0.15, 0.2) is 0 Å². The van der Waals surface area contributed by atoms with Crippen molar-refractivity contribution >= 4 is 23.6 Å². The largest absolute Gasteiger partial charge is 0.273 e. The van der Waals surface area contributed by atoms with Crippen LogP contribution in [0.1, 0.15) is 89.9 Å². The molecule has 158 valence electrons. The lowest BCUT2D eigenvalue weighted by molar-refractivity contribution is -0.132. The highest BCUT2D eigenvalue weighted by Gasteiger charge is 2.22. The van der Waals surface area contributed by atoms with E-state index in [2.05, 4.69) is 21.7 Å². The Morgan fingerprint density at radius 2 is 0.893 bits per heavy atom. The molecule has 8 nitrogen and oxygen atoms in total. The third kappa shape index (κ3) is 8.27. The highest BCUT2D eigenvalue weighted by Crippen LogP contribution is 2.24. The molecule has 2 rings (SSSR count). The number of unbranched alkanes of at least 4 members (excludes halogenated alkanes) is 1. The Kier molecular flexibility index (Phi) is 9.79. The number of hydrogen-bond donors (Lipinski definition) is 4. The van der Waals surface area contributed by atoms with Gasteiger partial charge in [0.1, 0.15) is 0 Å². The highest BCUT2D eigenvalue weighted by atomic mass is 16.2. The van der Waals surface area contributed by atoms with Crippen molar-refractivity contribution in [2.75, 3.05) is 0 Å². The van der Waals surface area contributed by atoms with Crippen molar-refractivity contribution in [2.45, 2.75) is 89.9 Å². The summed E-state index contributed by atoms with van der Waals surface area (Å²) in [5.41, 5.74) is 9.90. The maximum absolute atomic E-state index is 11.9. The van der Waals surface area contributed by atoms with E-state index in [0.717, 1.165) is 51.4 Å². The molecule has 2 fully saturated rings. The molecule has 4 amide bonds. The molecule has 0 bridgehead atoms. The van der Waals surface area contributed by atoms with E-state index in [1.54, 1.807) is 0 Å². The van der Waals surface area contributed by atoms with Gasteiger partial charge in [0.05, 0.1) is 0 Å². The zero-order valence-electron chi connectivity index (χ0n) is 16.7. The Labute approximate surface area is 166 Å². The van der Waals surface area contributed by atoms with Gasteiger partial charge >= 0.3 is 0 Å². The van der Waals surface area contributed by atoms with Gasteiger partial charge in [-0.25, -0.2) is 0 Å². The number of carbonyl (C=O) groups is 4. The Balaban J connectivity index is 1.48. The highest BCUT2D eigenvalue weighted by molar-refractivity contribution is 5.84. The first-order valence-corrected chi connectivity index (χ1v) is 10.7. The van der Waals surface area contributed by atoms with Crippen molar-refractivity contribution in [1.82, 2.24) is 21.7 Å². The summed E-state index contributed by atoms with van der Waals surface area (Å²) in [4.78, 5) is 47.5. The van der Waals surface area contributed by atoms with Crippen LogP contribution in [0.3, 0.4) is 0 Å². The van der Waals surface area contributed by atoms with Gasteiger partial charge in [-0.3, -0.25) is 40.9 Å². The maximum atomic E-state index is 11.9. The molecule has 0 aromatic carbocycles. The Hall–Kier alpha value is -2.12. The Morgan fingerprint density at radius 1 is 0.536 bits per heavy atom. The molecule has 0 aromatic heterocycles. The standard InChI is InChI=1S/C20H34N4O4/c25-17(21-23-19(27)15-9-3-1-4-10-15)13-7-8-14-18(26)22-24-20(28)16-11-5-2-6-12-16/h15-16H,1-14H2,(H,21,25)(H,22,26)(H,23,27)(H,24,28). The van der Waals surface area contributed by atoms with Crippen LogP contribution in [-0.2, 0) is 19.2 Å². The van der Waals surface area contributed by atoms with Crippen LogP contribution >= 0.6 is 0 Å². The van der Waals surface area contributed by atoms with E-state index in [1.165, 1.54) is 12.8 Å². The zero-order chi connectivity index (χ0) is 20.2. The van der Waals surface area contributed by atoms with Crippen LogP contribution in [0, 0.1) is 11.8 Å². The van der Waals surface area contributed by atoms with Crippen molar-refractivity contribution in [1.29, 1.82) is 0 Å². The summed E-state index contributed by atoms with van der Waals surface area (Å²) in [6.07, 6.45) is 11.7. The van der Waals surface area contributed by atoms with Crippen molar-refractivity contribution in [3.05, 3.63) is 0 Å². The van der Waals surface area contributed by atoms with Gasteiger partial charge < -0.3 is 0 Å². The van der Waals surface area contributed by atoms with Gasteiger partial charge in [-0.15, -0.1) is 0 Å². The fraction of sp³-hybridized carbons (Fsp3) is 0.800. The third-order valence-electron chi connectivity index (χ3n) is 5.66. The van der Waals surface area contributed by atoms with Crippen molar-refractivity contribution in [3.8, 4) is 0 Å². The van der Waals surface area contributed by atoms with Crippen LogP contribution < -0.4 is 21.7 Å². The second kappa shape index (κ2) is 12.4.